The largest absolute Gasteiger partial charge is 0.348 e. The Balaban J connectivity index is 1.66. The van der Waals surface area contributed by atoms with Gasteiger partial charge in [-0.1, -0.05) is 48.0 Å². The Labute approximate surface area is 160 Å². The van der Waals surface area contributed by atoms with Crippen molar-refractivity contribution in [2.45, 2.75) is 48.8 Å². The molecule has 0 atom stereocenters. The van der Waals surface area contributed by atoms with Crippen LogP contribution in [0.15, 0.2) is 59.5 Å². The summed E-state index contributed by atoms with van der Waals surface area (Å²) in [6.45, 7) is 3.15. The molecule has 27 heavy (non-hydrogen) atoms. The van der Waals surface area contributed by atoms with Gasteiger partial charge >= 0.3 is 0 Å². The summed E-state index contributed by atoms with van der Waals surface area (Å²) < 4.78 is 41.0. The van der Waals surface area contributed by atoms with Gasteiger partial charge in [-0.2, -0.15) is 0 Å². The first-order valence-corrected chi connectivity index (χ1v) is 10.9. The van der Waals surface area contributed by atoms with Gasteiger partial charge in [0, 0.05) is 12.8 Å². The second-order valence-corrected chi connectivity index (χ2v) is 9.16. The third-order valence-electron chi connectivity index (χ3n) is 5.67. The van der Waals surface area contributed by atoms with Gasteiger partial charge in [-0.05, 0) is 37.5 Å². The van der Waals surface area contributed by atoms with E-state index in [9.17, 15) is 8.42 Å². The van der Waals surface area contributed by atoms with Gasteiger partial charge in [0.1, 0.15) is 0 Å². The lowest BCUT2D eigenvalue weighted by Crippen LogP contribution is -2.51. The maximum atomic E-state index is 13.1. The summed E-state index contributed by atoms with van der Waals surface area (Å²) in [5.41, 5.74) is 1.35. The van der Waals surface area contributed by atoms with E-state index in [1.54, 1.807) is 12.1 Å². The van der Waals surface area contributed by atoms with E-state index in [4.69, 9.17) is 9.47 Å². The average Bonchev–Trinajstić information content (AvgIpc) is 3.13. The monoisotopic (exact) mass is 387 g/mol. The molecule has 1 aliphatic heterocycles. The second-order valence-electron chi connectivity index (χ2n) is 7.47. The maximum Gasteiger partial charge on any atom is 0.241 e. The van der Waals surface area contributed by atoms with Crippen molar-refractivity contribution in [2.75, 3.05) is 13.2 Å². The van der Waals surface area contributed by atoms with Gasteiger partial charge in [0.2, 0.25) is 10.0 Å². The minimum atomic E-state index is -3.65. The summed E-state index contributed by atoms with van der Waals surface area (Å²) in [6.07, 6.45) is 2.58. The van der Waals surface area contributed by atoms with E-state index in [0.29, 0.717) is 38.9 Å². The Kier molecular flexibility index (Phi) is 4.84. The van der Waals surface area contributed by atoms with E-state index < -0.39 is 21.3 Å². The molecule has 0 unspecified atom stereocenters. The molecule has 1 N–H and O–H groups in total. The molecular weight excluding hydrogens is 362 g/mol. The standard InChI is InChI=1S/C21H25NO4S/c1-17-7-9-19(10-8-17)27(23,24)22-20(18-5-3-2-4-6-18)11-13-21(14-12-20)25-15-16-26-21/h2-10,22H,11-16H2,1H3. The van der Waals surface area contributed by atoms with E-state index in [2.05, 4.69) is 4.72 Å². The van der Waals surface area contributed by atoms with Gasteiger partial charge in [-0.15, -0.1) is 0 Å². The van der Waals surface area contributed by atoms with Crippen molar-refractivity contribution >= 4 is 10.0 Å². The van der Waals surface area contributed by atoms with Crippen LogP contribution in [0.3, 0.4) is 0 Å². The zero-order valence-corrected chi connectivity index (χ0v) is 16.3. The fourth-order valence-corrected chi connectivity index (χ4v) is 5.53. The molecule has 1 heterocycles. The van der Waals surface area contributed by atoms with Gasteiger partial charge in [-0.25, -0.2) is 13.1 Å². The van der Waals surface area contributed by atoms with Crippen LogP contribution in [-0.2, 0) is 25.0 Å². The smallest absolute Gasteiger partial charge is 0.241 e. The van der Waals surface area contributed by atoms with Crippen molar-refractivity contribution in [3.05, 3.63) is 65.7 Å². The Bertz CT molecular complexity index is 878. The molecule has 1 saturated heterocycles. The molecule has 2 fully saturated rings. The fraction of sp³-hybridized carbons (Fsp3) is 0.429. The summed E-state index contributed by atoms with van der Waals surface area (Å²) in [5.74, 6) is -0.548. The molecule has 2 aliphatic rings. The van der Waals surface area contributed by atoms with Crippen LogP contribution >= 0.6 is 0 Å². The van der Waals surface area contributed by atoms with Gasteiger partial charge in [0.05, 0.1) is 23.6 Å². The van der Waals surface area contributed by atoms with Crippen LogP contribution in [0.5, 0.6) is 0 Å². The molecule has 2 aromatic carbocycles. The molecule has 2 aromatic rings. The molecule has 4 rings (SSSR count). The maximum absolute atomic E-state index is 13.1. The van der Waals surface area contributed by atoms with Crippen LogP contribution < -0.4 is 4.72 Å². The molecule has 1 aliphatic carbocycles. The molecule has 0 amide bonds. The zero-order chi connectivity index (χ0) is 19.0. The van der Waals surface area contributed by atoms with Crippen molar-refractivity contribution in [2.24, 2.45) is 0 Å². The highest BCUT2D eigenvalue weighted by molar-refractivity contribution is 7.89. The number of ether oxygens (including phenoxy) is 2. The highest BCUT2D eigenvalue weighted by Gasteiger charge is 2.48. The van der Waals surface area contributed by atoms with Crippen LogP contribution in [-0.4, -0.2) is 27.4 Å². The molecule has 0 aromatic heterocycles. The highest BCUT2D eigenvalue weighted by atomic mass is 32.2. The molecule has 6 heteroatoms. The van der Waals surface area contributed by atoms with Gasteiger partial charge in [0.15, 0.2) is 5.79 Å². The van der Waals surface area contributed by atoms with E-state index in [1.807, 2.05) is 49.4 Å². The third-order valence-corrected chi connectivity index (χ3v) is 7.22. The molecule has 0 radical (unpaired) electrons. The molecule has 1 spiro atoms. The lowest BCUT2D eigenvalue weighted by atomic mass is 9.75. The predicted octanol–water partition coefficient (Wildman–Crippen LogP) is 3.49. The number of aryl methyl sites for hydroxylation is 1. The Morgan fingerprint density at radius 3 is 2.04 bits per heavy atom. The van der Waals surface area contributed by atoms with Gasteiger partial charge in [0.25, 0.3) is 0 Å². The first-order chi connectivity index (χ1) is 12.9. The zero-order valence-electron chi connectivity index (χ0n) is 15.5. The van der Waals surface area contributed by atoms with E-state index >= 15 is 0 Å². The number of hydrogen-bond acceptors (Lipinski definition) is 4. The Hall–Kier alpha value is -1.73. The summed E-state index contributed by atoms with van der Waals surface area (Å²) in [7, 11) is -3.65. The molecule has 0 bridgehead atoms. The minimum absolute atomic E-state index is 0.289. The van der Waals surface area contributed by atoms with Crippen LogP contribution in [0.2, 0.25) is 0 Å². The van der Waals surface area contributed by atoms with Gasteiger partial charge in [-0.3, -0.25) is 0 Å². The van der Waals surface area contributed by atoms with E-state index in [0.717, 1.165) is 11.1 Å². The quantitative estimate of drug-likeness (QED) is 0.872. The first-order valence-electron chi connectivity index (χ1n) is 9.37. The van der Waals surface area contributed by atoms with Crippen molar-refractivity contribution in [3.63, 3.8) is 0 Å². The molecular formula is C21H25NO4S. The van der Waals surface area contributed by atoms with Crippen LogP contribution in [0.25, 0.3) is 0 Å². The predicted molar refractivity (Wildman–Crippen MR) is 103 cm³/mol. The molecule has 1 saturated carbocycles. The van der Waals surface area contributed by atoms with Crippen molar-refractivity contribution in [1.82, 2.24) is 4.72 Å². The Morgan fingerprint density at radius 2 is 1.44 bits per heavy atom. The first kappa shape index (κ1) is 18.6. The van der Waals surface area contributed by atoms with Crippen molar-refractivity contribution < 1.29 is 17.9 Å². The number of nitrogens with one attached hydrogen (secondary N) is 1. The number of hydrogen-bond donors (Lipinski definition) is 1. The van der Waals surface area contributed by atoms with Crippen molar-refractivity contribution in [1.29, 1.82) is 0 Å². The summed E-state index contributed by atoms with van der Waals surface area (Å²) >= 11 is 0. The summed E-state index contributed by atoms with van der Waals surface area (Å²) in [5, 5.41) is 0. The number of rotatable bonds is 4. The number of benzene rings is 2. The SMILES string of the molecule is Cc1ccc(S(=O)(=O)NC2(c3ccccc3)CCC3(CC2)OCCO3)cc1. The molecule has 5 nitrogen and oxygen atoms in total. The summed E-state index contributed by atoms with van der Waals surface area (Å²) in [6, 6.07) is 16.8. The minimum Gasteiger partial charge on any atom is -0.348 e. The van der Waals surface area contributed by atoms with E-state index in [1.165, 1.54) is 0 Å². The topological polar surface area (TPSA) is 64.6 Å². The van der Waals surface area contributed by atoms with Crippen LogP contribution in [0, 0.1) is 6.92 Å². The Morgan fingerprint density at radius 1 is 0.852 bits per heavy atom. The van der Waals surface area contributed by atoms with Crippen LogP contribution in [0.1, 0.15) is 36.8 Å². The van der Waals surface area contributed by atoms with Gasteiger partial charge < -0.3 is 9.47 Å². The number of sulfonamides is 1. The third kappa shape index (κ3) is 3.67. The average molecular weight is 388 g/mol. The van der Waals surface area contributed by atoms with E-state index in [-0.39, 0.29) is 4.90 Å². The highest BCUT2D eigenvalue weighted by Crippen LogP contribution is 2.45. The second kappa shape index (κ2) is 7.02. The normalized spacial score (nSPS) is 21.4. The summed E-state index contributed by atoms with van der Waals surface area (Å²) in [4.78, 5) is 0.289. The van der Waals surface area contributed by atoms with Crippen molar-refractivity contribution in [3.8, 4) is 0 Å². The lowest BCUT2D eigenvalue weighted by Gasteiger charge is -2.44. The lowest BCUT2D eigenvalue weighted by molar-refractivity contribution is -0.185. The van der Waals surface area contributed by atoms with Crippen LogP contribution in [0.4, 0.5) is 0 Å². The fourth-order valence-electron chi connectivity index (χ4n) is 4.08. The molecule has 144 valence electrons.